The van der Waals surface area contributed by atoms with E-state index in [2.05, 4.69) is 19.2 Å². The molecule has 0 saturated carbocycles. The molecule has 0 spiro atoms. The minimum absolute atomic E-state index is 0.0647. The van der Waals surface area contributed by atoms with E-state index in [4.69, 9.17) is 9.05 Å². The Hall–Kier alpha value is -0.760. The first kappa shape index (κ1) is 72.2. The number of phosphoric acid groups is 1. The molecule has 3 N–H and O–H groups in total. The van der Waals surface area contributed by atoms with Crippen LogP contribution in [0.5, 0.6) is 0 Å². The third-order valence-corrected chi connectivity index (χ3v) is 16.2. The molecule has 0 aromatic heterocycles. The van der Waals surface area contributed by atoms with Crippen molar-refractivity contribution in [2.45, 2.75) is 353 Å². The first-order chi connectivity index (χ1) is 35.5. The van der Waals surface area contributed by atoms with Gasteiger partial charge in [-0.2, -0.15) is 0 Å². The van der Waals surface area contributed by atoms with E-state index in [0.29, 0.717) is 17.4 Å². The molecule has 436 valence electrons. The lowest BCUT2D eigenvalue weighted by Gasteiger charge is -2.25. The molecule has 0 fully saturated rings. The molecule has 3 atom stereocenters. The summed E-state index contributed by atoms with van der Waals surface area (Å²) in [6.45, 7) is 4.83. The van der Waals surface area contributed by atoms with Gasteiger partial charge in [-0.3, -0.25) is 13.8 Å². The van der Waals surface area contributed by atoms with Crippen molar-refractivity contribution >= 4 is 13.7 Å². The molecule has 0 aromatic carbocycles. The van der Waals surface area contributed by atoms with Crippen LogP contribution in [0.4, 0.5) is 0 Å². The Morgan fingerprint density at radius 1 is 0.452 bits per heavy atom. The van der Waals surface area contributed by atoms with E-state index in [0.717, 1.165) is 38.5 Å². The van der Waals surface area contributed by atoms with Gasteiger partial charge in [-0.15, -0.1) is 0 Å². The van der Waals surface area contributed by atoms with Gasteiger partial charge in [0.1, 0.15) is 13.2 Å². The molecule has 1 amide bonds. The fraction of sp³-hybridized carbons (Fsp3) is 0.953. The van der Waals surface area contributed by atoms with Crippen LogP contribution in [0.15, 0.2) is 12.2 Å². The Labute approximate surface area is 456 Å². The predicted octanol–water partition coefficient (Wildman–Crippen LogP) is 20.2. The molecule has 0 aromatic rings. The first-order valence-corrected chi connectivity index (χ1v) is 34.1. The van der Waals surface area contributed by atoms with Crippen molar-refractivity contribution in [2.24, 2.45) is 0 Å². The van der Waals surface area contributed by atoms with Gasteiger partial charge in [-0.1, -0.05) is 328 Å². The summed E-state index contributed by atoms with van der Waals surface area (Å²) in [6.07, 6.45) is 71.0. The van der Waals surface area contributed by atoms with Crippen LogP contribution in [0.25, 0.3) is 0 Å². The van der Waals surface area contributed by atoms with Crippen LogP contribution in [-0.4, -0.2) is 73.4 Å². The average Bonchev–Trinajstić information content (AvgIpc) is 3.35. The van der Waals surface area contributed by atoms with Gasteiger partial charge in [0, 0.05) is 6.42 Å². The van der Waals surface area contributed by atoms with Gasteiger partial charge < -0.3 is 19.8 Å². The third kappa shape index (κ3) is 58.8. The van der Waals surface area contributed by atoms with Crippen LogP contribution in [0, 0.1) is 0 Å². The summed E-state index contributed by atoms with van der Waals surface area (Å²) in [5, 5.41) is 13.9. The second kappa shape index (κ2) is 56.0. The Morgan fingerprint density at radius 3 is 1.01 bits per heavy atom. The normalized spacial score (nSPS) is 13.8. The summed E-state index contributed by atoms with van der Waals surface area (Å²) in [5.74, 6) is -0.172. The lowest BCUT2D eigenvalue weighted by molar-refractivity contribution is -0.870. The molecular formula is C64H130N2O6P+. The van der Waals surface area contributed by atoms with Crippen molar-refractivity contribution in [2.75, 3.05) is 40.9 Å². The first-order valence-electron chi connectivity index (χ1n) is 32.6. The van der Waals surface area contributed by atoms with Crippen molar-refractivity contribution in [3.8, 4) is 0 Å². The quantitative estimate of drug-likeness (QED) is 0.0243. The number of unbranched alkanes of at least 4 members (excludes halogenated alkanes) is 48. The third-order valence-electron chi connectivity index (χ3n) is 15.3. The second-order valence-electron chi connectivity index (χ2n) is 23.9. The van der Waals surface area contributed by atoms with Crippen LogP contribution in [0.1, 0.15) is 341 Å². The van der Waals surface area contributed by atoms with Crippen LogP contribution in [-0.2, 0) is 18.4 Å². The lowest BCUT2D eigenvalue weighted by atomic mass is 10.0. The molecule has 3 unspecified atom stereocenters. The molecular weight excluding hydrogens is 924 g/mol. The van der Waals surface area contributed by atoms with Crippen LogP contribution in [0.2, 0.25) is 0 Å². The van der Waals surface area contributed by atoms with E-state index in [9.17, 15) is 19.4 Å². The zero-order valence-corrected chi connectivity index (χ0v) is 50.8. The van der Waals surface area contributed by atoms with E-state index in [-0.39, 0.29) is 19.1 Å². The number of hydrogen-bond acceptors (Lipinski definition) is 5. The molecule has 0 heterocycles. The van der Waals surface area contributed by atoms with Gasteiger partial charge in [0.05, 0.1) is 39.9 Å². The number of aliphatic hydroxyl groups excluding tert-OH is 1. The maximum absolute atomic E-state index is 12.9. The Morgan fingerprint density at radius 2 is 0.726 bits per heavy atom. The van der Waals surface area contributed by atoms with Crippen LogP contribution < -0.4 is 5.32 Å². The zero-order valence-electron chi connectivity index (χ0n) is 49.9. The molecule has 8 nitrogen and oxygen atoms in total. The zero-order chi connectivity index (χ0) is 53.5. The van der Waals surface area contributed by atoms with E-state index >= 15 is 0 Å². The number of aliphatic hydroxyl groups is 1. The van der Waals surface area contributed by atoms with Crippen molar-refractivity contribution < 1.29 is 32.9 Å². The van der Waals surface area contributed by atoms with Crippen molar-refractivity contribution in [1.29, 1.82) is 0 Å². The number of quaternary nitrogens is 1. The number of hydrogen-bond donors (Lipinski definition) is 3. The molecule has 0 saturated heterocycles. The number of phosphoric ester groups is 1. The highest BCUT2D eigenvalue weighted by Crippen LogP contribution is 2.43. The summed E-state index contributed by atoms with van der Waals surface area (Å²) in [5.41, 5.74) is 0. The standard InChI is InChI=1S/C64H129N2O6P/c1-6-8-10-12-14-16-18-19-20-21-22-23-24-25-26-27-28-29-30-31-32-33-34-35-36-37-38-39-40-41-42-43-44-45-46-47-48-50-52-54-56-58-64(68)65-62(61-72-73(69,70)71-60-59-66(3,4)5)63(67)57-55-53-51-49-17-15-13-11-9-7-2/h55,57,62-63,67H,6-54,56,58-61H2,1-5H3,(H-,65,68,69,70)/p+1/b57-55+. The molecule has 0 aliphatic heterocycles. The highest BCUT2D eigenvalue weighted by atomic mass is 31.2. The summed E-state index contributed by atoms with van der Waals surface area (Å²) in [6, 6.07) is -0.840. The molecule has 73 heavy (non-hydrogen) atoms. The monoisotopic (exact) mass is 1050 g/mol. The number of carbonyl (C=O) groups excluding carboxylic acids is 1. The summed E-state index contributed by atoms with van der Waals surface area (Å²) < 4.78 is 23.6. The minimum atomic E-state index is -4.34. The number of carbonyl (C=O) groups is 1. The van der Waals surface area contributed by atoms with Crippen LogP contribution in [0.3, 0.4) is 0 Å². The molecule has 0 aliphatic carbocycles. The molecule has 0 aliphatic rings. The van der Waals surface area contributed by atoms with Gasteiger partial charge in [-0.05, 0) is 19.3 Å². The smallest absolute Gasteiger partial charge is 0.387 e. The SMILES string of the molecule is CCCCCCCCCC/C=C/C(O)C(COP(=O)(O)OCC[N+](C)(C)C)NC(=O)CCCCCCCCCCCCCCCCCCCCCCCCCCCCCCCCCCCCCCCCCCC. The fourth-order valence-corrected chi connectivity index (χ4v) is 10.9. The predicted molar refractivity (Wildman–Crippen MR) is 319 cm³/mol. The fourth-order valence-electron chi connectivity index (χ4n) is 10.2. The van der Waals surface area contributed by atoms with E-state index in [1.54, 1.807) is 6.08 Å². The molecule has 0 bridgehead atoms. The molecule has 0 radical (unpaired) electrons. The van der Waals surface area contributed by atoms with E-state index in [1.807, 2.05) is 27.2 Å². The highest BCUT2D eigenvalue weighted by Gasteiger charge is 2.28. The summed E-state index contributed by atoms with van der Waals surface area (Å²) >= 11 is 0. The second-order valence-corrected chi connectivity index (χ2v) is 25.3. The van der Waals surface area contributed by atoms with E-state index < -0.39 is 20.0 Å². The van der Waals surface area contributed by atoms with Gasteiger partial charge >= 0.3 is 7.82 Å². The number of amides is 1. The lowest BCUT2D eigenvalue weighted by Crippen LogP contribution is -2.45. The van der Waals surface area contributed by atoms with Gasteiger partial charge in [0.15, 0.2) is 0 Å². The summed E-state index contributed by atoms with van der Waals surface area (Å²) in [4.78, 5) is 23.2. The number of rotatable bonds is 61. The Balaban J connectivity index is 3.73. The average molecular weight is 1050 g/mol. The number of nitrogens with zero attached hydrogens (tertiary/aromatic N) is 1. The number of allylic oxidation sites excluding steroid dienone is 1. The summed E-state index contributed by atoms with van der Waals surface area (Å²) in [7, 11) is 1.59. The minimum Gasteiger partial charge on any atom is -0.387 e. The van der Waals surface area contributed by atoms with Gasteiger partial charge in [0.2, 0.25) is 5.91 Å². The van der Waals surface area contributed by atoms with Gasteiger partial charge in [-0.25, -0.2) is 4.57 Å². The maximum Gasteiger partial charge on any atom is 0.472 e. The van der Waals surface area contributed by atoms with Crippen molar-refractivity contribution in [3.63, 3.8) is 0 Å². The van der Waals surface area contributed by atoms with Crippen LogP contribution >= 0.6 is 7.82 Å². The molecule has 0 rings (SSSR count). The van der Waals surface area contributed by atoms with Crippen molar-refractivity contribution in [1.82, 2.24) is 5.32 Å². The highest BCUT2D eigenvalue weighted by molar-refractivity contribution is 7.47. The van der Waals surface area contributed by atoms with Gasteiger partial charge in [0.25, 0.3) is 0 Å². The van der Waals surface area contributed by atoms with E-state index in [1.165, 1.54) is 283 Å². The largest absolute Gasteiger partial charge is 0.472 e. The number of likely N-dealkylation sites (N-methyl/N-ethyl adjacent to an activating group) is 1. The topological polar surface area (TPSA) is 105 Å². The maximum atomic E-state index is 12.9. The molecule has 9 heteroatoms. The Bertz CT molecular complexity index is 1200. The Kier molecular flexibility index (Phi) is 55.4. The van der Waals surface area contributed by atoms with Crippen molar-refractivity contribution in [3.05, 3.63) is 12.2 Å². The number of nitrogens with one attached hydrogen (secondary N) is 1.